The van der Waals surface area contributed by atoms with Crippen LogP contribution in [0.25, 0.3) is 11.1 Å². The Morgan fingerprint density at radius 1 is 1.03 bits per heavy atom. The Morgan fingerprint density at radius 2 is 1.80 bits per heavy atom. The molecule has 0 aromatic heterocycles. The van der Waals surface area contributed by atoms with E-state index in [4.69, 9.17) is 16.6 Å². The van der Waals surface area contributed by atoms with Gasteiger partial charge in [-0.1, -0.05) is 66.7 Å². The van der Waals surface area contributed by atoms with E-state index in [9.17, 15) is 5.11 Å². The monoisotopic (exact) mass is 416 g/mol. The van der Waals surface area contributed by atoms with E-state index in [-0.39, 0.29) is 5.75 Å². The molecule has 0 unspecified atom stereocenters. The van der Waals surface area contributed by atoms with Crippen LogP contribution < -0.4 is 5.32 Å². The highest BCUT2D eigenvalue weighted by Gasteiger charge is 2.19. The number of fused-ring (bicyclic) bond motifs is 1. The molecule has 3 nitrogen and oxygen atoms in total. The molecular formula is C26H25ClN2O. The van der Waals surface area contributed by atoms with Crippen molar-refractivity contribution in [1.82, 2.24) is 5.32 Å². The molecule has 0 saturated carbocycles. The van der Waals surface area contributed by atoms with Crippen molar-refractivity contribution in [3.05, 3.63) is 101 Å². The number of aromatic hydroxyl groups is 1. The number of hydrogen-bond acceptors (Lipinski definition) is 3. The summed E-state index contributed by atoms with van der Waals surface area (Å²) in [5.74, 6) is 1.05. The lowest BCUT2D eigenvalue weighted by molar-refractivity contribution is 0.475. The van der Waals surface area contributed by atoms with Gasteiger partial charge < -0.3 is 10.4 Å². The fourth-order valence-corrected chi connectivity index (χ4v) is 4.01. The van der Waals surface area contributed by atoms with Gasteiger partial charge in [-0.2, -0.15) is 0 Å². The molecule has 2 aromatic carbocycles. The SMILES string of the molecule is C=C1CC=C(C2=N/C(NCCc3ccc(O)cc3)=C\C(Cl)=C/CC2)c2ccccc21. The number of rotatable bonds is 5. The van der Waals surface area contributed by atoms with E-state index < -0.39 is 0 Å². The number of halogens is 1. The summed E-state index contributed by atoms with van der Waals surface area (Å²) in [5, 5.41) is 13.6. The third-order valence-corrected chi connectivity index (χ3v) is 5.63. The highest BCUT2D eigenvalue weighted by molar-refractivity contribution is 6.31. The zero-order chi connectivity index (χ0) is 20.9. The molecule has 0 amide bonds. The first-order valence-electron chi connectivity index (χ1n) is 10.2. The molecule has 1 aliphatic carbocycles. The number of aliphatic imine (C=N–C) groups is 1. The number of hydrogen-bond donors (Lipinski definition) is 2. The second-order valence-electron chi connectivity index (χ2n) is 7.53. The van der Waals surface area contributed by atoms with E-state index in [0.29, 0.717) is 5.03 Å². The van der Waals surface area contributed by atoms with Gasteiger partial charge >= 0.3 is 0 Å². The minimum Gasteiger partial charge on any atom is -0.508 e. The van der Waals surface area contributed by atoms with Gasteiger partial charge in [0.1, 0.15) is 11.6 Å². The maximum Gasteiger partial charge on any atom is 0.127 e. The summed E-state index contributed by atoms with van der Waals surface area (Å²) in [7, 11) is 0. The smallest absolute Gasteiger partial charge is 0.127 e. The Bertz CT molecular complexity index is 1070. The molecule has 1 heterocycles. The minimum absolute atomic E-state index is 0.282. The topological polar surface area (TPSA) is 44.6 Å². The molecule has 152 valence electrons. The maximum atomic E-state index is 9.44. The third-order valence-electron chi connectivity index (χ3n) is 5.37. The van der Waals surface area contributed by atoms with Crippen molar-refractivity contribution in [1.29, 1.82) is 0 Å². The Balaban J connectivity index is 1.56. The van der Waals surface area contributed by atoms with Gasteiger partial charge in [-0.15, -0.1) is 0 Å². The molecule has 0 spiro atoms. The first-order chi connectivity index (χ1) is 14.6. The van der Waals surface area contributed by atoms with Crippen LogP contribution in [0.15, 0.2) is 89.2 Å². The number of nitrogens with one attached hydrogen (secondary N) is 1. The lowest BCUT2D eigenvalue weighted by Crippen LogP contribution is -2.18. The molecule has 4 heteroatoms. The number of phenolic OH excluding ortho intramolecular Hbond substituents is 1. The van der Waals surface area contributed by atoms with E-state index in [1.54, 1.807) is 12.1 Å². The molecule has 2 N–H and O–H groups in total. The van der Waals surface area contributed by atoms with Gasteiger partial charge in [-0.25, -0.2) is 4.99 Å². The van der Waals surface area contributed by atoms with Gasteiger partial charge in [0, 0.05) is 17.2 Å². The number of phenols is 1. The summed E-state index contributed by atoms with van der Waals surface area (Å²) in [6.07, 6.45) is 9.54. The van der Waals surface area contributed by atoms with Gasteiger partial charge in [-0.3, -0.25) is 0 Å². The lowest BCUT2D eigenvalue weighted by atomic mass is 9.84. The Morgan fingerprint density at radius 3 is 2.60 bits per heavy atom. The maximum absolute atomic E-state index is 9.44. The second-order valence-corrected chi connectivity index (χ2v) is 7.97. The van der Waals surface area contributed by atoms with Crippen molar-refractivity contribution < 1.29 is 5.11 Å². The number of nitrogens with zero attached hydrogens (tertiary/aromatic N) is 1. The van der Waals surface area contributed by atoms with Crippen LogP contribution >= 0.6 is 11.6 Å². The van der Waals surface area contributed by atoms with Crippen LogP contribution in [0.4, 0.5) is 0 Å². The fraction of sp³-hybridized carbons (Fsp3) is 0.192. The molecular weight excluding hydrogens is 392 g/mol. The van der Waals surface area contributed by atoms with Crippen LogP contribution in [-0.4, -0.2) is 17.4 Å². The summed E-state index contributed by atoms with van der Waals surface area (Å²) < 4.78 is 0. The number of allylic oxidation sites excluding steroid dienone is 6. The predicted octanol–water partition coefficient (Wildman–Crippen LogP) is 6.22. The highest BCUT2D eigenvalue weighted by atomic mass is 35.5. The van der Waals surface area contributed by atoms with Crippen LogP contribution in [0.2, 0.25) is 0 Å². The standard InChI is InChI=1S/C26H25ClN2O/c1-18-9-14-24(23-7-3-2-6-22(18)23)25-8-4-5-20(27)17-26(29-25)28-16-15-19-10-12-21(30)13-11-19/h2-3,5-7,10-14,17,28,30H,1,4,8-9,15-16H2/b20-5+,26-17-,29-25?. The van der Waals surface area contributed by atoms with Gasteiger partial charge in [-0.05, 0) is 66.2 Å². The summed E-state index contributed by atoms with van der Waals surface area (Å²) in [6, 6.07) is 15.7. The van der Waals surface area contributed by atoms with E-state index in [1.165, 1.54) is 16.7 Å². The lowest BCUT2D eigenvalue weighted by Gasteiger charge is -2.22. The minimum atomic E-state index is 0.282. The van der Waals surface area contributed by atoms with E-state index >= 15 is 0 Å². The average Bonchev–Trinajstić information content (AvgIpc) is 2.73. The summed E-state index contributed by atoms with van der Waals surface area (Å²) in [6.45, 7) is 4.94. The zero-order valence-corrected chi connectivity index (χ0v) is 17.6. The quantitative estimate of drug-likeness (QED) is 0.607. The van der Waals surface area contributed by atoms with Crippen LogP contribution in [0, 0.1) is 0 Å². The first kappa shape index (κ1) is 20.2. The Labute approximate surface area is 182 Å². The molecule has 0 bridgehead atoms. The van der Waals surface area contributed by atoms with E-state index in [1.807, 2.05) is 24.3 Å². The van der Waals surface area contributed by atoms with Gasteiger partial charge in [0.25, 0.3) is 0 Å². The summed E-state index contributed by atoms with van der Waals surface area (Å²) >= 11 is 6.36. The molecule has 0 fully saturated rings. The van der Waals surface area contributed by atoms with E-state index in [2.05, 4.69) is 42.2 Å². The third kappa shape index (κ3) is 4.74. The van der Waals surface area contributed by atoms with Crippen molar-refractivity contribution in [2.75, 3.05) is 6.54 Å². The van der Waals surface area contributed by atoms with Crippen molar-refractivity contribution in [2.24, 2.45) is 4.99 Å². The van der Waals surface area contributed by atoms with E-state index in [0.717, 1.165) is 54.9 Å². The average molecular weight is 417 g/mol. The largest absolute Gasteiger partial charge is 0.508 e. The normalized spacial score (nSPS) is 19.8. The molecule has 30 heavy (non-hydrogen) atoms. The fourth-order valence-electron chi connectivity index (χ4n) is 3.80. The summed E-state index contributed by atoms with van der Waals surface area (Å²) in [4.78, 5) is 4.98. The first-order valence-corrected chi connectivity index (χ1v) is 10.6. The van der Waals surface area contributed by atoms with Crippen LogP contribution in [0.1, 0.15) is 36.0 Å². The molecule has 0 atom stereocenters. The molecule has 0 radical (unpaired) electrons. The Kier molecular flexibility index (Phi) is 6.20. The zero-order valence-electron chi connectivity index (χ0n) is 16.9. The molecule has 4 rings (SSSR count). The van der Waals surface area contributed by atoms with Crippen LogP contribution in [0.5, 0.6) is 5.75 Å². The van der Waals surface area contributed by atoms with Crippen molar-refractivity contribution in [2.45, 2.75) is 25.7 Å². The Hall–Kier alpha value is -3.04. The van der Waals surface area contributed by atoms with Crippen molar-refractivity contribution >= 4 is 28.5 Å². The van der Waals surface area contributed by atoms with Gasteiger partial charge in [0.2, 0.25) is 0 Å². The van der Waals surface area contributed by atoms with Crippen LogP contribution in [0.3, 0.4) is 0 Å². The number of benzene rings is 2. The van der Waals surface area contributed by atoms with Gasteiger partial charge in [0.05, 0.1) is 5.71 Å². The molecule has 2 aromatic rings. The van der Waals surface area contributed by atoms with Crippen molar-refractivity contribution in [3.8, 4) is 5.75 Å². The predicted molar refractivity (Wildman–Crippen MR) is 127 cm³/mol. The molecule has 1 aliphatic heterocycles. The second kappa shape index (κ2) is 9.19. The summed E-state index contributed by atoms with van der Waals surface area (Å²) in [5.41, 5.74) is 6.96. The van der Waals surface area contributed by atoms with Gasteiger partial charge in [0.15, 0.2) is 0 Å². The van der Waals surface area contributed by atoms with Crippen molar-refractivity contribution in [3.63, 3.8) is 0 Å². The molecule has 2 aliphatic rings. The highest BCUT2D eigenvalue weighted by Crippen LogP contribution is 2.35. The van der Waals surface area contributed by atoms with Crippen LogP contribution in [-0.2, 0) is 6.42 Å². The molecule has 0 saturated heterocycles.